The van der Waals surface area contributed by atoms with Crippen molar-refractivity contribution < 1.29 is 13.2 Å². The van der Waals surface area contributed by atoms with Crippen LogP contribution < -0.4 is 4.90 Å². The Morgan fingerprint density at radius 2 is 1.71 bits per heavy atom. The van der Waals surface area contributed by atoms with Gasteiger partial charge in [0.15, 0.2) is 15.5 Å². The van der Waals surface area contributed by atoms with Gasteiger partial charge in [-0.25, -0.2) is 13.3 Å². The van der Waals surface area contributed by atoms with Gasteiger partial charge in [0.25, 0.3) is 5.91 Å². The van der Waals surface area contributed by atoms with Crippen LogP contribution in [0.3, 0.4) is 0 Å². The number of amides is 1. The Morgan fingerprint density at radius 3 is 2.35 bits per heavy atom. The van der Waals surface area contributed by atoms with Gasteiger partial charge >= 0.3 is 0 Å². The highest BCUT2D eigenvalue weighted by Crippen LogP contribution is 2.40. The Balaban J connectivity index is 1.74. The average molecular weight is 451 g/mol. The number of carbonyl (C=O) groups is 1. The first kappa shape index (κ1) is 21.1. The summed E-state index contributed by atoms with van der Waals surface area (Å²) in [5, 5.41) is 0.317. The van der Waals surface area contributed by atoms with Crippen molar-refractivity contribution in [3.8, 4) is 0 Å². The minimum Gasteiger partial charge on any atom is -0.306 e. The van der Waals surface area contributed by atoms with E-state index in [0.29, 0.717) is 33.9 Å². The predicted octanol–water partition coefficient (Wildman–Crippen LogP) is 5.18. The minimum atomic E-state index is -3.53. The first-order valence-electron chi connectivity index (χ1n) is 9.73. The van der Waals surface area contributed by atoms with Crippen LogP contribution >= 0.6 is 11.6 Å². The molecule has 31 heavy (non-hydrogen) atoms. The van der Waals surface area contributed by atoms with Crippen LogP contribution in [0.25, 0.3) is 4.85 Å². The fraction of sp³-hybridized carbons (Fsp3) is 0.167. The van der Waals surface area contributed by atoms with Gasteiger partial charge in [-0.3, -0.25) is 4.79 Å². The van der Waals surface area contributed by atoms with Crippen molar-refractivity contribution >= 4 is 38.7 Å². The molecule has 1 aliphatic heterocycles. The highest BCUT2D eigenvalue weighted by atomic mass is 35.5. The largest absolute Gasteiger partial charge is 0.306 e. The third-order valence-electron chi connectivity index (χ3n) is 5.30. The fourth-order valence-electron chi connectivity index (χ4n) is 3.95. The second-order valence-corrected chi connectivity index (χ2v) is 9.93. The number of sulfone groups is 1. The van der Waals surface area contributed by atoms with Gasteiger partial charge in [-0.15, -0.1) is 0 Å². The van der Waals surface area contributed by atoms with Crippen molar-refractivity contribution in [2.45, 2.75) is 11.3 Å². The number of rotatable bonds is 4. The van der Waals surface area contributed by atoms with Crippen molar-refractivity contribution in [2.24, 2.45) is 5.92 Å². The molecule has 0 fully saturated rings. The van der Waals surface area contributed by atoms with E-state index in [1.807, 2.05) is 6.07 Å². The van der Waals surface area contributed by atoms with E-state index < -0.39 is 9.84 Å². The van der Waals surface area contributed by atoms with E-state index in [-0.39, 0.29) is 29.0 Å². The number of halogens is 1. The second kappa shape index (κ2) is 8.54. The molecule has 0 spiro atoms. The molecule has 1 unspecified atom stereocenters. The van der Waals surface area contributed by atoms with Gasteiger partial charge in [-0.1, -0.05) is 54.1 Å². The number of hydrogen-bond donors (Lipinski definition) is 0. The number of hydrogen-bond acceptors (Lipinski definition) is 3. The summed E-state index contributed by atoms with van der Waals surface area (Å²) >= 11 is 6.47. The summed E-state index contributed by atoms with van der Waals surface area (Å²) < 4.78 is 25.9. The SMILES string of the molecule is [C-]#[N+]c1cc(Cl)c2c(c1)CC(CS(=O)(=O)c1ccccc1)CN2C(=O)c1ccccc1. The lowest BCUT2D eigenvalue weighted by Crippen LogP contribution is -2.42. The summed E-state index contributed by atoms with van der Waals surface area (Å²) in [4.78, 5) is 18.6. The van der Waals surface area contributed by atoms with Crippen LogP contribution in [0.5, 0.6) is 0 Å². The standard InChI is InChI=1S/C24H19ClN2O3S/c1-26-20-13-19-12-17(16-31(29,30)21-10-6-3-7-11-21)15-27(23(19)22(25)14-20)24(28)18-8-4-2-5-9-18/h2-11,13-14,17H,12,15-16H2. The van der Waals surface area contributed by atoms with Crippen molar-refractivity contribution in [1.82, 2.24) is 0 Å². The molecule has 3 aromatic rings. The van der Waals surface area contributed by atoms with E-state index in [2.05, 4.69) is 4.85 Å². The maximum atomic E-state index is 13.3. The van der Waals surface area contributed by atoms with Crippen molar-refractivity contribution in [3.05, 3.63) is 100 Å². The molecule has 0 saturated carbocycles. The highest BCUT2D eigenvalue weighted by Gasteiger charge is 2.34. The molecule has 0 radical (unpaired) electrons. The summed E-state index contributed by atoms with van der Waals surface area (Å²) in [6.45, 7) is 7.55. The van der Waals surface area contributed by atoms with Crippen LogP contribution in [0.1, 0.15) is 15.9 Å². The quantitative estimate of drug-likeness (QED) is 0.514. The molecule has 1 amide bonds. The monoisotopic (exact) mass is 450 g/mol. The topological polar surface area (TPSA) is 58.8 Å². The van der Waals surface area contributed by atoms with E-state index in [1.165, 1.54) is 0 Å². The lowest BCUT2D eigenvalue weighted by Gasteiger charge is -2.35. The molecule has 7 heteroatoms. The molecule has 5 nitrogen and oxygen atoms in total. The predicted molar refractivity (Wildman–Crippen MR) is 122 cm³/mol. The lowest BCUT2D eigenvalue weighted by atomic mass is 9.92. The summed E-state index contributed by atoms with van der Waals surface area (Å²) in [5.41, 5.74) is 2.12. The highest BCUT2D eigenvalue weighted by molar-refractivity contribution is 7.91. The number of anilines is 1. The zero-order valence-corrected chi connectivity index (χ0v) is 18.1. The van der Waals surface area contributed by atoms with Gasteiger partial charge in [-0.05, 0) is 48.2 Å². The van der Waals surface area contributed by atoms with Gasteiger partial charge in [0.2, 0.25) is 0 Å². The van der Waals surface area contributed by atoms with E-state index in [0.717, 1.165) is 0 Å². The Kier molecular flexibility index (Phi) is 5.81. The van der Waals surface area contributed by atoms with Crippen molar-refractivity contribution in [3.63, 3.8) is 0 Å². The van der Waals surface area contributed by atoms with Crippen LogP contribution in [0.2, 0.25) is 5.02 Å². The van der Waals surface area contributed by atoms with E-state index >= 15 is 0 Å². The van der Waals surface area contributed by atoms with Gasteiger partial charge in [0.05, 0.1) is 27.9 Å². The van der Waals surface area contributed by atoms with Crippen LogP contribution in [0.15, 0.2) is 77.7 Å². The molecule has 0 saturated heterocycles. The summed E-state index contributed by atoms with van der Waals surface area (Å²) in [7, 11) is -3.53. The zero-order valence-electron chi connectivity index (χ0n) is 16.5. The molecule has 156 valence electrons. The first-order valence-corrected chi connectivity index (χ1v) is 11.8. The van der Waals surface area contributed by atoms with E-state index in [9.17, 15) is 13.2 Å². The number of nitrogens with zero attached hydrogens (tertiary/aromatic N) is 2. The first-order chi connectivity index (χ1) is 14.9. The average Bonchev–Trinajstić information content (AvgIpc) is 2.78. The Bertz CT molecular complexity index is 1270. The fourth-order valence-corrected chi connectivity index (χ4v) is 5.90. The molecule has 0 bridgehead atoms. The van der Waals surface area contributed by atoms with Crippen molar-refractivity contribution in [2.75, 3.05) is 17.2 Å². The molecule has 1 atom stereocenters. The van der Waals surface area contributed by atoms with Crippen molar-refractivity contribution in [1.29, 1.82) is 0 Å². The van der Waals surface area contributed by atoms with E-state index in [1.54, 1.807) is 71.6 Å². The zero-order chi connectivity index (χ0) is 22.0. The van der Waals surface area contributed by atoms with Crippen LogP contribution in [0.4, 0.5) is 11.4 Å². The summed E-state index contributed by atoms with van der Waals surface area (Å²) in [5.74, 6) is -0.682. The van der Waals surface area contributed by atoms with Gasteiger partial charge in [-0.2, -0.15) is 0 Å². The van der Waals surface area contributed by atoms with Gasteiger partial charge in [0.1, 0.15) is 0 Å². The molecule has 1 aliphatic rings. The van der Waals surface area contributed by atoms with Crippen LogP contribution in [-0.2, 0) is 16.3 Å². The normalized spacial score (nSPS) is 15.7. The summed E-state index contributed by atoms with van der Waals surface area (Å²) in [6, 6.07) is 20.3. The van der Waals surface area contributed by atoms with E-state index in [4.69, 9.17) is 18.2 Å². The van der Waals surface area contributed by atoms with Crippen LogP contribution in [-0.4, -0.2) is 26.6 Å². The molecule has 0 aliphatic carbocycles. The third-order valence-corrected chi connectivity index (χ3v) is 7.49. The number of fused-ring (bicyclic) bond motifs is 1. The Morgan fingerprint density at radius 1 is 1.06 bits per heavy atom. The molecule has 3 aromatic carbocycles. The molecule has 4 rings (SSSR count). The van der Waals surface area contributed by atoms with Gasteiger partial charge < -0.3 is 4.90 Å². The Labute approximate surface area is 186 Å². The second-order valence-electron chi connectivity index (χ2n) is 7.49. The smallest absolute Gasteiger partial charge is 0.258 e. The molecular weight excluding hydrogens is 432 g/mol. The van der Waals surface area contributed by atoms with Gasteiger partial charge in [0, 0.05) is 12.1 Å². The van der Waals surface area contributed by atoms with Crippen LogP contribution in [0, 0.1) is 12.5 Å². The maximum absolute atomic E-state index is 13.3. The maximum Gasteiger partial charge on any atom is 0.258 e. The number of benzene rings is 3. The molecule has 1 heterocycles. The third kappa shape index (κ3) is 4.34. The minimum absolute atomic E-state index is 0.102. The molecule has 0 aromatic heterocycles. The Hall–Kier alpha value is -3.14. The molecule has 0 N–H and O–H groups in total. The number of carbonyl (C=O) groups excluding carboxylic acids is 1. The molecular formula is C24H19ClN2O3S. The summed E-state index contributed by atoms with van der Waals surface area (Å²) in [6.07, 6.45) is 0.420. The lowest BCUT2D eigenvalue weighted by molar-refractivity contribution is 0.0981.